The van der Waals surface area contributed by atoms with E-state index < -0.39 is 0 Å². The first-order valence-electron chi connectivity index (χ1n) is 7.42. The quantitative estimate of drug-likeness (QED) is 0.343. The van der Waals surface area contributed by atoms with E-state index in [1.54, 1.807) is 0 Å². The van der Waals surface area contributed by atoms with Crippen molar-refractivity contribution >= 4 is 21.8 Å². The molecule has 0 saturated heterocycles. The summed E-state index contributed by atoms with van der Waals surface area (Å²) in [6.07, 6.45) is 8.45. The highest BCUT2D eigenvalue weighted by molar-refractivity contribution is 5.88. The van der Waals surface area contributed by atoms with E-state index >= 15 is 0 Å². The van der Waals surface area contributed by atoms with E-state index in [9.17, 15) is 0 Å². The number of nitrogens with zero attached hydrogens (tertiary/aromatic N) is 1. The highest BCUT2D eigenvalue weighted by Crippen LogP contribution is 2.24. The zero-order valence-corrected chi connectivity index (χ0v) is 11.5. The van der Waals surface area contributed by atoms with Crippen LogP contribution in [0.1, 0.15) is 25.3 Å². The molecule has 0 amide bonds. The van der Waals surface area contributed by atoms with Crippen LogP contribution >= 0.6 is 0 Å². The maximum atomic E-state index is 2.51. The molecule has 1 unspecified atom stereocenters. The summed E-state index contributed by atoms with van der Waals surface area (Å²) in [5.74, 6) is 0. The Morgan fingerprint density at radius 1 is 0.850 bits per heavy atom. The molecule has 98 valence electrons. The molecule has 0 bridgehead atoms. The normalized spacial score (nSPS) is 18.7. The van der Waals surface area contributed by atoms with E-state index in [0.29, 0.717) is 6.04 Å². The lowest BCUT2D eigenvalue weighted by Crippen LogP contribution is -2.40. The first-order chi connectivity index (χ1) is 9.93. The fraction of sp³-hybridized carbons (Fsp3) is 0.211. The molecule has 0 fully saturated rings. The van der Waals surface area contributed by atoms with Crippen LogP contribution in [0.4, 0.5) is 0 Å². The SMILES string of the molecule is C1=CC([n+]2c3ccccc3cc3ccccc32)CCC1. The molecule has 0 spiro atoms. The van der Waals surface area contributed by atoms with Gasteiger partial charge in [-0.05, 0) is 37.1 Å². The first kappa shape index (κ1) is 11.7. The fourth-order valence-corrected chi connectivity index (χ4v) is 3.32. The number of fused-ring (bicyclic) bond motifs is 2. The minimum absolute atomic E-state index is 0.486. The maximum absolute atomic E-state index is 2.51. The Morgan fingerprint density at radius 2 is 1.50 bits per heavy atom. The number of rotatable bonds is 1. The number of aromatic nitrogens is 1. The van der Waals surface area contributed by atoms with Gasteiger partial charge < -0.3 is 0 Å². The Morgan fingerprint density at radius 3 is 2.10 bits per heavy atom. The first-order valence-corrected chi connectivity index (χ1v) is 7.42. The predicted octanol–water partition coefficient (Wildman–Crippen LogP) is 4.56. The molecule has 0 aliphatic heterocycles. The summed E-state index contributed by atoms with van der Waals surface area (Å²) in [7, 11) is 0. The molecule has 1 nitrogen and oxygen atoms in total. The van der Waals surface area contributed by atoms with Gasteiger partial charge in [-0.1, -0.05) is 30.3 Å². The van der Waals surface area contributed by atoms with E-state index in [4.69, 9.17) is 0 Å². The number of para-hydroxylation sites is 2. The Kier molecular flexibility index (Phi) is 2.77. The van der Waals surface area contributed by atoms with Gasteiger partial charge in [0.2, 0.25) is 11.0 Å². The fourth-order valence-electron chi connectivity index (χ4n) is 3.32. The van der Waals surface area contributed by atoms with Crippen molar-refractivity contribution in [1.29, 1.82) is 0 Å². The summed E-state index contributed by atoms with van der Waals surface area (Å²) in [6, 6.07) is 20.2. The van der Waals surface area contributed by atoms with Gasteiger partial charge in [-0.3, -0.25) is 0 Å². The van der Waals surface area contributed by atoms with Crippen molar-refractivity contribution in [3.8, 4) is 0 Å². The van der Waals surface area contributed by atoms with Gasteiger partial charge in [-0.2, -0.15) is 4.57 Å². The summed E-state index contributed by atoms with van der Waals surface area (Å²) in [5, 5.41) is 2.65. The van der Waals surface area contributed by atoms with Crippen molar-refractivity contribution in [2.45, 2.75) is 25.3 Å². The van der Waals surface area contributed by atoms with Crippen LogP contribution < -0.4 is 4.57 Å². The summed E-state index contributed by atoms with van der Waals surface area (Å²) >= 11 is 0. The number of pyridine rings is 1. The van der Waals surface area contributed by atoms with Gasteiger partial charge in [0.15, 0.2) is 6.04 Å². The Labute approximate surface area is 119 Å². The van der Waals surface area contributed by atoms with Crippen LogP contribution in [0.2, 0.25) is 0 Å². The van der Waals surface area contributed by atoms with Crippen LogP contribution in [0, 0.1) is 0 Å². The Hall–Kier alpha value is -2.15. The molecule has 3 aromatic rings. The molecule has 0 radical (unpaired) electrons. The van der Waals surface area contributed by atoms with Crippen LogP contribution in [0.3, 0.4) is 0 Å². The second kappa shape index (κ2) is 4.75. The molecule has 1 heteroatoms. The third kappa shape index (κ3) is 1.82. The Balaban J connectivity index is 2.11. The molecule has 4 rings (SSSR count). The zero-order chi connectivity index (χ0) is 13.4. The predicted molar refractivity (Wildman–Crippen MR) is 83.7 cm³/mol. The molecule has 1 aliphatic carbocycles. The minimum atomic E-state index is 0.486. The van der Waals surface area contributed by atoms with Crippen LogP contribution in [-0.4, -0.2) is 0 Å². The average Bonchev–Trinajstić information content (AvgIpc) is 2.53. The van der Waals surface area contributed by atoms with Crippen molar-refractivity contribution in [2.75, 3.05) is 0 Å². The lowest BCUT2D eigenvalue weighted by atomic mass is 10.0. The standard InChI is InChI=1S/C19H18N/c1-2-10-17(11-3-1)20-18-12-6-4-8-15(18)14-16-9-5-7-13-19(16)20/h2,4-10,12-14,17H,1,3,11H2/q+1. The molecule has 1 atom stereocenters. The van der Waals surface area contributed by atoms with Crippen LogP contribution in [0.15, 0.2) is 66.7 Å². The summed E-state index contributed by atoms with van der Waals surface area (Å²) in [4.78, 5) is 0. The molecule has 20 heavy (non-hydrogen) atoms. The lowest BCUT2D eigenvalue weighted by Gasteiger charge is -2.15. The van der Waals surface area contributed by atoms with Gasteiger partial charge in [0.05, 0.1) is 0 Å². The largest absolute Gasteiger partial charge is 0.213 e. The van der Waals surface area contributed by atoms with Crippen LogP contribution in [-0.2, 0) is 0 Å². The molecule has 0 saturated carbocycles. The van der Waals surface area contributed by atoms with Crippen molar-refractivity contribution in [3.63, 3.8) is 0 Å². The topological polar surface area (TPSA) is 3.88 Å². The van der Waals surface area contributed by atoms with Crippen LogP contribution in [0.25, 0.3) is 21.8 Å². The van der Waals surface area contributed by atoms with Crippen LogP contribution in [0.5, 0.6) is 0 Å². The van der Waals surface area contributed by atoms with Crippen molar-refractivity contribution in [3.05, 3.63) is 66.7 Å². The molecular weight excluding hydrogens is 242 g/mol. The Bertz CT molecular complexity index is 747. The third-order valence-corrected chi connectivity index (χ3v) is 4.26. The molecule has 2 aromatic carbocycles. The van der Waals surface area contributed by atoms with E-state index in [2.05, 4.69) is 71.3 Å². The summed E-state index contributed by atoms with van der Waals surface area (Å²) in [5.41, 5.74) is 2.67. The van der Waals surface area contributed by atoms with Gasteiger partial charge in [-0.15, -0.1) is 0 Å². The van der Waals surface area contributed by atoms with Gasteiger partial charge in [-0.25, -0.2) is 0 Å². The second-order valence-corrected chi connectivity index (χ2v) is 5.56. The number of allylic oxidation sites excluding steroid dienone is 2. The molecular formula is C19H18N+. The van der Waals surface area contributed by atoms with Crippen molar-refractivity contribution in [1.82, 2.24) is 0 Å². The minimum Gasteiger partial charge on any atom is -0.185 e. The monoisotopic (exact) mass is 260 g/mol. The van der Waals surface area contributed by atoms with E-state index in [-0.39, 0.29) is 0 Å². The average molecular weight is 260 g/mol. The van der Waals surface area contributed by atoms with Gasteiger partial charge in [0.25, 0.3) is 0 Å². The number of benzene rings is 2. The zero-order valence-electron chi connectivity index (χ0n) is 11.5. The van der Waals surface area contributed by atoms with E-state index in [1.165, 1.54) is 41.1 Å². The van der Waals surface area contributed by atoms with Gasteiger partial charge in [0.1, 0.15) is 0 Å². The maximum Gasteiger partial charge on any atom is 0.213 e. The third-order valence-electron chi connectivity index (χ3n) is 4.26. The summed E-state index contributed by atoms with van der Waals surface area (Å²) in [6.45, 7) is 0. The number of hydrogen-bond acceptors (Lipinski definition) is 0. The highest BCUT2D eigenvalue weighted by atomic mass is 15.0. The second-order valence-electron chi connectivity index (χ2n) is 5.56. The van der Waals surface area contributed by atoms with Crippen molar-refractivity contribution in [2.24, 2.45) is 0 Å². The highest BCUT2D eigenvalue weighted by Gasteiger charge is 2.23. The van der Waals surface area contributed by atoms with Crippen molar-refractivity contribution < 1.29 is 4.57 Å². The number of hydrogen-bond donors (Lipinski definition) is 0. The summed E-state index contributed by atoms with van der Waals surface area (Å²) < 4.78 is 2.51. The molecule has 1 aromatic heterocycles. The molecule has 1 heterocycles. The lowest BCUT2D eigenvalue weighted by molar-refractivity contribution is -0.663. The van der Waals surface area contributed by atoms with E-state index in [1.807, 2.05) is 0 Å². The smallest absolute Gasteiger partial charge is 0.185 e. The molecule has 1 aliphatic rings. The van der Waals surface area contributed by atoms with Gasteiger partial charge in [0, 0.05) is 29.3 Å². The van der Waals surface area contributed by atoms with E-state index in [0.717, 1.165) is 0 Å². The van der Waals surface area contributed by atoms with Gasteiger partial charge >= 0.3 is 0 Å². The molecule has 0 N–H and O–H groups in total.